The van der Waals surface area contributed by atoms with Gasteiger partial charge in [-0.2, -0.15) is 5.01 Å². The van der Waals surface area contributed by atoms with Crippen molar-refractivity contribution in [2.45, 2.75) is 32.2 Å². The molecule has 1 aromatic rings. The molecule has 4 amide bonds. The number of benzene rings is 1. The number of thioether (sulfide) groups is 1. The van der Waals surface area contributed by atoms with Crippen LogP contribution in [0.5, 0.6) is 0 Å². The van der Waals surface area contributed by atoms with Gasteiger partial charge >= 0.3 is 12.0 Å². The number of ether oxygens (including phenoxy) is 1. The summed E-state index contributed by atoms with van der Waals surface area (Å²) in [6, 6.07) is 8.96. The van der Waals surface area contributed by atoms with Gasteiger partial charge in [0, 0.05) is 0 Å². The first-order chi connectivity index (χ1) is 12.9. The predicted octanol–water partition coefficient (Wildman–Crippen LogP) is 1.26. The summed E-state index contributed by atoms with van der Waals surface area (Å²) < 4.78 is 4.76. The number of hydrazine groups is 1. The van der Waals surface area contributed by atoms with Gasteiger partial charge < -0.3 is 10.1 Å². The van der Waals surface area contributed by atoms with E-state index in [0.717, 1.165) is 17.3 Å². The highest BCUT2D eigenvalue weighted by molar-refractivity contribution is 8.00. The van der Waals surface area contributed by atoms with Crippen molar-refractivity contribution in [2.24, 2.45) is 0 Å². The summed E-state index contributed by atoms with van der Waals surface area (Å²) in [6.07, 6.45) is 1.02. The molecular formula is C18H23N3O5S. The first kappa shape index (κ1) is 20.8. The van der Waals surface area contributed by atoms with Crippen LogP contribution in [0.3, 0.4) is 0 Å². The number of amides is 4. The molecule has 0 saturated carbocycles. The van der Waals surface area contributed by atoms with E-state index in [4.69, 9.17) is 4.74 Å². The van der Waals surface area contributed by atoms with Gasteiger partial charge in [0.05, 0.1) is 18.1 Å². The highest BCUT2D eigenvalue weighted by Gasteiger charge is 2.48. The fourth-order valence-corrected chi connectivity index (χ4v) is 3.18. The Labute approximate surface area is 162 Å². The Bertz CT molecular complexity index is 712. The SMILES string of the molecule is CCOC(=O)CSCC(=O)NN1C(=O)N[C@](C)(CCc2ccccc2)C1=O. The minimum absolute atomic E-state index is 0.0240. The highest BCUT2D eigenvalue weighted by atomic mass is 32.2. The zero-order chi connectivity index (χ0) is 19.9. The van der Waals surface area contributed by atoms with Crippen LogP contribution in [0.2, 0.25) is 0 Å². The number of carbonyl (C=O) groups excluding carboxylic acids is 4. The highest BCUT2D eigenvalue weighted by Crippen LogP contribution is 2.22. The van der Waals surface area contributed by atoms with Crippen molar-refractivity contribution in [3.05, 3.63) is 35.9 Å². The lowest BCUT2D eigenvalue weighted by Gasteiger charge is -2.21. The molecule has 0 spiro atoms. The quantitative estimate of drug-likeness (QED) is 0.483. The lowest BCUT2D eigenvalue weighted by molar-refractivity contribution is -0.140. The van der Waals surface area contributed by atoms with Gasteiger partial charge in [-0.1, -0.05) is 30.3 Å². The number of carbonyl (C=O) groups is 4. The van der Waals surface area contributed by atoms with Crippen LogP contribution in [0.1, 0.15) is 25.8 Å². The van der Waals surface area contributed by atoms with E-state index in [1.807, 2.05) is 30.3 Å². The Morgan fingerprint density at radius 1 is 1.22 bits per heavy atom. The van der Waals surface area contributed by atoms with Crippen LogP contribution in [-0.2, 0) is 25.5 Å². The second-order valence-electron chi connectivity index (χ2n) is 6.22. The van der Waals surface area contributed by atoms with Gasteiger partial charge in [-0.25, -0.2) is 4.79 Å². The molecule has 1 aliphatic rings. The Morgan fingerprint density at radius 2 is 1.93 bits per heavy atom. The van der Waals surface area contributed by atoms with Crippen molar-refractivity contribution in [1.29, 1.82) is 0 Å². The first-order valence-corrected chi connectivity index (χ1v) is 9.74. The zero-order valence-electron chi connectivity index (χ0n) is 15.3. The smallest absolute Gasteiger partial charge is 0.344 e. The summed E-state index contributed by atoms with van der Waals surface area (Å²) in [6.45, 7) is 3.61. The van der Waals surface area contributed by atoms with E-state index in [2.05, 4.69) is 10.7 Å². The molecule has 8 nitrogen and oxygen atoms in total. The molecule has 0 bridgehead atoms. The van der Waals surface area contributed by atoms with Gasteiger partial charge in [-0.15, -0.1) is 11.8 Å². The van der Waals surface area contributed by atoms with E-state index in [0.29, 0.717) is 17.9 Å². The largest absolute Gasteiger partial charge is 0.465 e. The van der Waals surface area contributed by atoms with Crippen LogP contribution in [0.4, 0.5) is 4.79 Å². The normalized spacial score (nSPS) is 19.0. The standard InChI is InChI=1S/C18H23N3O5S/c1-3-26-15(23)12-27-11-14(22)20-21-16(24)18(2,19-17(21)25)10-9-13-7-5-4-6-8-13/h4-8H,3,9-12H2,1-2H3,(H,19,25)(H,20,22)/t18-/m1/s1. The number of esters is 1. The molecule has 2 N–H and O–H groups in total. The molecule has 0 unspecified atom stereocenters. The van der Waals surface area contributed by atoms with Gasteiger partial charge in [0.2, 0.25) is 5.91 Å². The van der Waals surface area contributed by atoms with Crippen molar-refractivity contribution in [2.75, 3.05) is 18.1 Å². The average Bonchev–Trinajstić information content (AvgIpc) is 2.85. The first-order valence-electron chi connectivity index (χ1n) is 8.59. The van der Waals surface area contributed by atoms with E-state index < -0.39 is 29.4 Å². The third kappa shape index (κ3) is 5.72. The van der Waals surface area contributed by atoms with E-state index in [1.165, 1.54) is 0 Å². The number of imide groups is 1. The summed E-state index contributed by atoms with van der Waals surface area (Å²) in [7, 11) is 0. The summed E-state index contributed by atoms with van der Waals surface area (Å²) in [5, 5.41) is 3.35. The van der Waals surface area contributed by atoms with Gasteiger partial charge in [-0.05, 0) is 32.3 Å². The van der Waals surface area contributed by atoms with E-state index in [9.17, 15) is 19.2 Å². The molecule has 9 heteroatoms. The number of hydrogen-bond donors (Lipinski definition) is 2. The minimum Gasteiger partial charge on any atom is -0.465 e. The number of nitrogens with one attached hydrogen (secondary N) is 2. The maximum atomic E-state index is 12.6. The third-order valence-electron chi connectivity index (χ3n) is 4.01. The molecule has 1 aromatic carbocycles. The molecule has 2 rings (SSSR count). The summed E-state index contributed by atoms with van der Waals surface area (Å²) in [4.78, 5) is 47.9. The van der Waals surface area contributed by atoms with Crippen molar-refractivity contribution in [3.63, 3.8) is 0 Å². The van der Waals surface area contributed by atoms with Crippen LogP contribution in [0.15, 0.2) is 30.3 Å². The Kier molecular flexibility index (Phi) is 7.23. The maximum absolute atomic E-state index is 12.6. The van der Waals surface area contributed by atoms with Gasteiger partial charge in [0.1, 0.15) is 5.54 Å². The number of rotatable bonds is 9. The van der Waals surface area contributed by atoms with Crippen LogP contribution in [0, 0.1) is 0 Å². The molecule has 1 atom stereocenters. The van der Waals surface area contributed by atoms with Crippen LogP contribution >= 0.6 is 11.8 Å². The third-order valence-corrected chi connectivity index (χ3v) is 4.92. The average molecular weight is 393 g/mol. The van der Waals surface area contributed by atoms with Crippen molar-refractivity contribution in [3.8, 4) is 0 Å². The van der Waals surface area contributed by atoms with Gasteiger partial charge in [0.25, 0.3) is 5.91 Å². The molecule has 27 heavy (non-hydrogen) atoms. The second kappa shape index (κ2) is 9.40. The molecule has 0 radical (unpaired) electrons. The van der Waals surface area contributed by atoms with Crippen molar-refractivity contribution in [1.82, 2.24) is 15.8 Å². The van der Waals surface area contributed by atoms with Crippen LogP contribution < -0.4 is 10.7 Å². The minimum atomic E-state index is -1.09. The molecule has 1 heterocycles. The Balaban J connectivity index is 1.85. The molecule has 1 aliphatic heterocycles. The number of aryl methyl sites for hydroxylation is 1. The van der Waals surface area contributed by atoms with E-state index in [1.54, 1.807) is 13.8 Å². The topological polar surface area (TPSA) is 105 Å². The molecule has 146 valence electrons. The molecule has 0 aromatic heterocycles. The number of urea groups is 1. The molecule has 1 fully saturated rings. The van der Waals surface area contributed by atoms with Crippen LogP contribution in [0.25, 0.3) is 0 Å². The lowest BCUT2D eigenvalue weighted by atomic mass is 9.93. The summed E-state index contributed by atoms with van der Waals surface area (Å²) >= 11 is 1.05. The Morgan fingerprint density at radius 3 is 2.59 bits per heavy atom. The van der Waals surface area contributed by atoms with Gasteiger partial charge in [0.15, 0.2) is 0 Å². The summed E-state index contributed by atoms with van der Waals surface area (Å²) in [5.41, 5.74) is 2.27. The predicted molar refractivity (Wildman–Crippen MR) is 101 cm³/mol. The van der Waals surface area contributed by atoms with E-state index in [-0.39, 0.29) is 18.1 Å². The number of hydrogen-bond acceptors (Lipinski definition) is 6. The molecule has 1 saturated heterocycles. The zero-order valence-corrected chi connectivity index (χ0v) is 16.1. The fourth-order valence-electron chi connectivity index (χ4n) is 2.58. The molecule has 0 aliphatic carbocycles. The van der Waals surface area contributed by atoms with Crippen LogP contribution in [-0.4, -0.2) is 52.5 Å². The Hall–Kier alpha value is -2.55. The second-order valence-corrected chi connectivity index (χ2v) is 7.21. The fraction of sp³-hybridized carbons (Fsp3) is 0.444. The lowest BCUT2D eigenvalue weighted by Crippen LogP contribution is -2.49. The van der Waals surface area contributed by atoms with Gasteiger partial charge in [-0.3, -0.25) is 19.8 Å². The number of nitrogens with zero attached hydrogens (tertiary/aromatic N) is 1. The summed E-state index contributed by atoms with van der Waals surface area (Å²) in [5.74, 6) is -1.52. The maximum Gasteiger partial charge on any atom is 0.344 e. The monoisotopic (exact) mass is 393 g/mol. The van der Waals surface area contributed by atoms with Crippen molar-refractivity contribution >= 4 is 35.6 Å². The molecular weight excluding hydrogens is 370 g/mol. The van der Waals surface area contributed by atoms with Crippen molar-refractivity contribution < 1.29 is 23.9 Å². The van der Waals surface area contributed by atoms with E-state index >= 15 is 0 Å².